The van der Waals surface area contributed by atoms with Gasteiger partial charge in [-0.2, -0.15) is 0 Å². The Balaban J connectivity index is 3.54. The molecule has 3 N–H and O–H groups in total. The number of aliphatic hydroxyl groups is 2. The molecule has 0 aromatic heterocycles. The fraction of sp³-hybridized carbons (Fsp3) is 0.683. The van der Waals surface area contributed by atoms with Crippen LogP contribution in [0, 0.1) is 0 Å². The lowest BCUT2D eigenvalue weighted by Gasteiger charge is -2.20. The molecule has 0 aliphatic rings. The Kier molecular flexibility index (Phi) is 34.5. The van der Waals surface area contributed by atoms with Crippen molar-refractivity contribution < 1.29 is 15.0 Å². The van der Waals surface area contributed by atoms with Gasteiger partial charge in [-0.15, -0.1) is 0 Å². The molecule has 258 valence electrons. The van der Waals surface area contributed by atoms with Crippen LogP contribution in [0.4, 0.5) is 0 Å². The van der Waals surface area contributed by atoms with Crippen LogP contribution in [0.25, 0.3) is 0 Å². The van der Waals surface area contributed by atoms with E-state index in [0.717, 1.165) is 57.8 Å². The number of amides is 1. The number of hydrogen-bond donors (Lipinski definition) is 3. The van der Waals surface area contributed by atoms with E-state index in [0.29, 0.717) is 6.42 Å². The number of hydrogen-bond acceptors (Lipinski definition) is 3. The Labute approximate surface area is 278 Å². The molecule has 1 amide bonds. The summed E-state index contributed by atoms with van der Waals surface area (Å²) < 4.78 is 0. The standard InChI is InChI=1S/C41H71NO3/c1-3-5-7-9-11-12-13-14-15-16-17-18-19-20-21-22-23-24-25-26-27-28-29-30-31-33-35-37-41(45)42-39(38-43)40(44)36-34-32-10-8-6-4-2/h5,7,11-12,14-15,17-18,20-21,34,36,39-40,43-44H,3-4,6,8-10,13,16,19,22-33,35,37-38H2,1-2H3,(H,42,45)/b7-5-,12-11-,15-14-,18-17-,21-20-,36-34+. The van der Waals surface area contributed by atoms with Gasteiger partial charge in [0.15, 0.2) is 0 Å². The normalized spacial score (nSPS) is 14.0. The predicted molar refractivity (Wildman–Crippen MR) is 197 cm³/mol. The maximum Gasteiger partial charge on any atom is 0.220 e. The van der Waals surface area contributed by atoms with Crippen molar-refractivity contribution in [3.63, 3.8) is 0 Å². The molecule has 0 radical (unpaired) electrons. The summed E-state index contributed by atoms with van der Waals surface area (Å²) in [5.41, 5.74) is 0. The zero-order valence-corrected chi connectivity index (χ0v) is 29.4. The first-order chi connectivity index (χ1) is 22.2. The molecular formula is C41H71NO3. The van der Waals surface area contributed by atoms with Crippen LogP contribution in [0.5, 0.6) is 0 Å². The lowest BCUT2D eigenvalue weighted by Crippen LogP contribution is -2.45. The van der Waals surface area contributed by atoms with Crippen molar-refractivity contribution in [2.24, 2.45) is 0 Å². The van der Waals surface area contributed by atoms with Gasteiger partial charge in [0.2, 0.25) is 5.91 Å². The van der Waals surface area contributed by atoms with Crippen LogP contribution in [-0.2, 0) is 4.79 Å². The minimum Gasteiger partial charge on any atom is -0.394 e. The van der Waals surface area contributed by atoms with Crippen LogP contribution in [0.15, 0.2) is 72.9 Å². The van der Waals surface area contributed by atoms with Gasteiger partial charge in [0.05, 0.1) is 18.8 Å². The van der Waals surface area contributed by atoms with Crippen molar-refractivity contribution in [3.05, 3.63) is 72.9 Å². The van der Waals surface area contributed by atoms with E-state index in [9.17, 15) is 15.0 Å². The summed E-state index contributed by atoms with van der Waals surface area (Å²) in [5, 5.41) is 22.6. The molecule has 4 heteroatoms. The Morgan fingerprint density at radius 3 is 1.47 bits per heavy atom. The monoisotopic (exact) mass is 626 g/mol. The van der Waals surface area contributed by atoms with Gasteiger partial charge in [0, 0.05) is 6.42 Å². The predicted octanol–water partition coefficient (Wildman–Crippen LogP) is 11.2. The third kappa shape index (κ3) is 33.0. The third-order valence-electron chi connectivity index (χ3n) is 7.95. The number of rotatable bonds is 32. The van der Waals surface area contributed by atoms with E-state index in [1.165, 1.54) is 83.5 Å². The molecule has 45 heavy (non-hydrogen) atoms. The summed E-state index contributed by atoms with van der Waals surface area (Å²) in [4.78, 5) is 12.2. The van der Waals surface area contributed by atoms with Gasteiger partial charge in [-0.1, -0.05) is 164 Å². The first-order valence-corrected chi connectivity index (χ1v) is 18.7. The van der Waals surface area contributed by atoms with Crippen LogP contribution in [0.2, 0.25) is 0 Å². The fourth-order valence-electron chi connectivity index (χ4n) is 5.08. The van der Waals surface area contributed by atoms with E-state index >= 15 is 0 Å². The summed E-state index contributed by atoms with van der Waals surface area (Å²) >= 11 is 0. The van der Waals surface area contributed by atoms with Crippen LogP contribution in [-0.4, -0.2) is 34.9 Å². The first-order valence-electron chi connectivity index (χ1n) is 18.7. The average molecular weight is 626 g/mol. The fourth-order valence-corrected chi connectivity index (χ4v) is 5.08. The van der Waals surface area contributed by atoms with E-state index in [1.54, 1.807) is 6.08 Å². The number of unbranched alkanes of at least 4 members (excludes halogenated alkanes) is 15. The average Bonchev–Trinajstić information content (AvgIpc) is 3.04. The number of allylic oxidation sites excluding steroid dienone is 11. The highest BCUT2D eigenvalue weighted by Crippen LogP contribution is 2.13. The van der Waals surface area contributed by atoms with Crippen molar-refractivity contribution >= 4 is 5.91 Å². The molecule has 0 saturated carbocycles. The third-order valence-corrected chi connectivity index (χ3v) is 7.95. The lowest BCUT2D eigenvalue weighted by atomic mass is 10.0. The van der Waals surface area contributed by atoms with Gasteiger partial charge in [-0.25, -0.2) is 0 Å². The van der Waals surface area contributed by atoms with Gasteiger partial charge >= 0.3 is 0 Å². The molecule has 0 aliphatic carbocycles. The molecule has 0 spiro atoms. The molecule has 0 aliphatic heterocycles. The quantitative estimate of drug-likeness (QED) is 0.0514. The van der Waals surface area contributed by atoms with E-state index in [1.807, 2.05) is 6.08 Å². The number of aliphatic hydroxyl groups excluding tert-OH is 2. The van der Waals surface area contributed by atoms with Crippen LogP contribution >= 0.6 is 0 Å². The van der Waals surface area contributed by atoms with Crippen molar-refractivity contribution in [2.75, 3.05) is 6.61 Å². The number of carbonyl (C=O) groups excluding carboxylic acids is 1. The molecule has 0 bridgehead atoms. The SMILES string of the molecule is CC/C=C\C/C=C\C/C=C\C/C=C\C/C=C\CCCCCCCCCCCCCC(=O)NC(CO)C(O)/C=C/CCCCCC. The molecular weight excluding hydrogens is 554 g/mol. The number of carbonyl (C=O) groups is 1. The van der Waals surface area contributed by atoms with Crippen molar-refractivity contribution in [2.45, 2.75) is 174 Å². The van der Waals surface area contributed by atoms with Crippen LogP contribution in [0.3, 0.4) is 0 Å². The number of nitrogens with one attached hydrogen (secondary N) is 1. The first kappa shape index (κ1) is 42.8. The van der Waals surface area contributed by atoms with Gasteiger partial charge in [-0.3, -0.25) is 4.79 Å². The molecule has 0 rings (SSSR count). The summed E-state index contributed by atoms with van der Waals surface area (Å²) in [6.07, 6.45) is 51.6. The highest BCUT2D eigenvalue weighted by Gasteiger charge is 2.17. The largest absolute Gasteiger partial charge is 0.394 e. The zero-order valence-electron chi connectivity index (χ0n) is 29.4. The minimum atomic E-state index is -0.839. The summed E-state index contributed by atoms with van der Waals surface area (Å²) in [7, 11) is 0. The second-order valence-electron chi connectivity index (χ2n) is 12.3. The second-order valence-corrected chi connectivity index (χ2v) is 12.3. The Morgan fingerprint density at radius 2 is 0.978 bits per heavy atom. The Bertz CT molecular complexity index is 808. The zero-order chi connectivity index (χ0) is 32.9. The summed E-state index contributed by atoms with van der Waals surface area (Å²) in [6, 6.07) is -0.623. The lowest BCUT2D eigenvalue weighted by molar-refractivity contribution is -0.123. The maximum atomic E-state index is 12.2. The molecule has 0 heterocycles. The Morgan fingerprint density at radius 1 is 0.556 bits per heavy atom. The van der Waals surface area contributed by atoms with Crippen LogP contribution in [0.1, 0.15) is 162 Å². The van der Waals surface area contributed by atoms with Crippen LogP contribution < -0.4 is 5.32 Å². The molecule has 2 atom stereocenters. The van der Waals surface area contributed by atoms with E-state index in [4.69, 9.17) is 0 Å². The topological polar surface area (TPSA) is 69.6 Å². The van der Waals surface area contributed by atoms with E-state index in [-0.39, 0.29) is 12.5 Å². The highest BCUT2D eigenvalue weighted by atomic mass is 16.3. The van der Waals surface area contributed by atoms with E-state index < -0.39 is 12.1 Å². The van der Waals surface area contributed by atoms with Crippen molar-refractivity contribution in [1.29, 1.82) is 0 Å². The molecule has 0 fully saturated rings. The molecule has 0 aromatic rings. The minimum absolute atomic E-state index is 0.0780. The van der Waals surface area contributed by atoms with Gasteiger partial charge in [0.25, 0.3) is 0 Å². The smallest absolute Gasteiger partial charge is 0.220 e. The van der Waals surface area contributed by atoms with Gasteiger partial charge in [0.1, 0.15) is 0 Å². The second kappa shape index (κ2) is 36.3. The van der Waals surface area contributed by atoms with Gasteiger partial charge < -0.3 is 15.5 Å². The molecule has 2 unspecified atom stereocenters. The molecule has 0 saturated heterocycles. The van der Waals surface area contributed by atoms with E-state index in [2.05, 4.69) is 79.9 Å². The molecule has 0 aromatic carbocycles. The summed E-state index contributed by atoms with van der Waals surface area (Å²) in [5.74, 6) is -0.0780. The van der Waals surface area contributed by atoms with Crippen molar-refractivity contribution in [3.8, 4) is 0 Å². The molecule has 4 nitrogen and oxygen atoms in total. The van der Waals surface area contributed by atoms with Gasteiger partial charge in [-0.05, 0) is 64.2 Å². The maximum absolute atomic E-state index is 12.2. The Hall–Kier alpha value is -2.17. The summed E-state index contributed by atoms with van der Waals surface area (Å²) in [6.45, 7) is 4.10. The highest BCUT2D eigenvalue weighted by molar-refractivity contribution is 5.76. The van der Waals surface area contributed by atoms with Crippen molar-refractivity contribution in [1.82, 2.24) is 5.32 Å².